The maximum absolute atomic E-state index is 10.7. The number of aliphatic carboxylic acids is 1. The van der Waals surface area contributed by atoms with E-state index in [0.717, 1.165) is 42.9 Å². The first kappa shape index (κ1) is 27.7. The van der Waals surface area contributed by atoms with Crippen LogP contribution in [0.5, 0.6) is 11.5 Å². The molecule has 0 heterocycles. The van der Waals surface area contributed by atoms with E-state index >= 15 is 0 Å². The molecule has 0 saturated carbocycles. The predicted molar refractivity (Wildman–Crippen MR) is 135 cm³/mol. The second-order valence-electron chi connectivity index (χ2n) is 8.65. The van der Waals surface area contributed by atoms with Gasteiger partial charge in [0.05, 0.1) is 13.0 Å². The van der Waals surface area contributed by atoms with Crippen molar-refractivity contribution in [3.05, 3.63) is 59.7 Å². The summed E-state index contributed by atoms with van der Waals surface area (Å²) >= 11 is 0. The largest absolute Gasteiger partial charge is 0.494 e. The lowest BCUT2D eigenvalue weighted by atomic mass is 10.0. The van der Waals surface area contributed by atoms with Crippen molar-refractivity contribution in [1.82, 2.24) is 5.32 Å². The van der Waals surface area contributed by atoms with Crippen molar-refractivity contribution in [2.75, 3.05) is 13.2 Å². The van der Waals surface area contributed by atoms with Crippen LogP contribution in [0, 0.1) is 0 Å². The number of benzene rings is 2. The van der Waals surface area contributed by atoms with Gasteiger partial charge in [-0.25, -0.2) is 0 Å². The van der Waals surface area contributed by atoms with Gasteiger partial charge in [0.1, 0.15) is 23.8 Å². The Hall–Kier alpha value is -2.57. The van der Waals surface area contributed by atoms with E-state index in [4.69, 9.17) is 14.6 Å². The second-order valence-corrected chi connectivity index (χ2v) is 8.65. The Morgan fingerprint density at radius 1 is 0.853 bits per heavy atom. The number of ether oxygens (including phenoxy) is 2. The fraction of sp³-hybridized carbons (Fsp3) is 0.536. The molecule has 0 fully saturated rings. The molecule has 2 unspecified atom stereocenters. The van der Waals surface area contributed by atoms with Crippen LogP contribution in [-0.2, 0) is 4.79 Å². The van der Waals surface area contributed by atoms with Crippen LogP contribution in [0.25, 0.3) is 0 Å². The quantitative estimate of drug-likeness (QED) is 0.172. The lowest BCUT2D eigenvalue weighted by Crippen LogP contribution is -2.23. The number of carboxylic acid groups (broad SMARTS) is 1. The van der Waals surface area contributed by atoms with Crippen molar-refractivity contribution >= 4 is 5.97 Å². The highest BCUT2D eigenvalue weighted by atomic mass is 16.5. The summed E-state index contributed by atoms with van der Waals surface area (Å²) in [6.45, 7) is 5.32. The molecule has 0 aliphatic carbocycles. The highest BCUT2D eigenvalue weighted by molar-refractivity contribution is 5.66. The molecule has 34 heavy (non-hydrogen) atoms. The van der Waals surface area contributed by atoms with E-state index in [1.165, 1.54) is 32.1 Å². The lowest BCUT2D eigenvalue weighted by Gasteiger charge is -2.21. The van der Waals surface area contributed by atoms with E-state index in [9.17, 15) is 9.90 Å². The topological polar surface area (TPSA) is 88.0 Å². The molecule has 6 heteroatoms. The summed E-state index contributed by atoms with van der Waals surface area (Å²) in [5.41, 5.74) is 1.75. The summed E-state index contributed by atoms with van der Waals surface area (Å²) in [5, 5.41) is 21.8. The number of carboxylic acids is 1. The summed E-state index contributed by atoms with van der Waals surface area (Å²) in [5.74, 6) is 0.770. The van der Waals surface area contributed by atoms with Gasteiger partial charge in [-0.3, -0.25) is 10.1 Å². The molecule has 0 bridgehead atoms. The van der Waals surface area contributed by atoms with Crippen LogP contribution in [-0.4, -0.2) is 29.3 Å². The first-order chi connectivity index (χ1) is 16.5. The van der Waals surface area contributed by atoms with Crippen LogP contribution in [0.1, 0.15) is 95.1 Å². The number of hydrogen-bond donors (Lipinski definition) is 3. The van der Waals surface area contributed by atoms with Crippen LogP contribution < -0.4 is 14.8 Å². The van der Waals surface area contributed by atoms with Gasteiger partial charge in [0.25, 0.3) is 0 Å². The fourth-order valence-corrected chi connectivity index (χ4v) is 3.70. The van der Waals surface area contributed by atoms with Crippen LogP contribution in [0.2, 0.25) is 0 Å². The molecule has 2 aromatic rings. The SMILES string of the molecule is CCCCCCC(Oc1ccc(OCCCCC)cc1)c1ccc(C(O)NCCC(=O)O)cc1. The molecule has 2 aromatic carbocycles. The molecule has 2 atom stereocenters. The van der Waals surface area contributed by atoms with Gasteiger partial charge in [-0.05, 0) is 54.7 Å². The summed E-state index contributed by atoms with van der Waals surface area (Å²) in [6, 6.07) is 15.5. The Morgan fingerprint density at radius 3 is 2.12 bits per heavy atom. The number of nitrogens with one attached hydrogen (secondary N) is 1. The van der Waals surface area contributed by atoms with E-state index in [1.807, 2.05) is 48.5 Å². The van der Waals surface area contributed by atoms with Gasteiger partial charge in [-0.2, -0.15) is 0 Å². The van der Waals surface area contributed by atoms with Gasteiger partial charge < -0.3 is 19.7 Å². The third kappa shape index (κ3) is 10.6. The first-order valence-electron chi connectivity index (χ1n) is 12.7. The summed E-state index contributed by atoms with van der Waals surface area (Å²) < 4.78 is 12.2. The van der Waals surface area contributed by atoms with Gasteiger partial charge in [-0.1, -0.05) is 70.2 Å². The summed E-state index contributed by atoms with van der Waals surface area (Å²) in [6.07, 6.45) is 7.96. The van der Waals surface area contributed by atoms with Crippen LogP contribution in [0.15, 0.2) is 48.5 Å². The zero-order valence-corrected chi connectivity index (χ0v) is 20.7. The normalized spacial score (nSPS) is 12.8. The molecule has 0 aliphatic rings. The minimum Gasteiger partial charge on any atom is -0.494 e. The second kappa shape index (κ2) is 16.1. The molecule has 6 nitrogen and oxygen atoms in total. The Labute approximate surface area is 204 Å². The van der Waals surface area contributed by atoms with Crippen LogP contribution in [0.4, 0.5) is 0 Å². The number of rotatable bonds is 18. The fourth-order valence-electron chi connectivity index (χ4n) is 3.70. The lowest BCUT2D eigenvalue weighted by molar-refractivity contribution is -0.137. The van der Waals surface area contributed by atoms with Crippen molar-refractivity contribution in [2.24, 2.45) is 0 Å². The van der Waals surface area contributed by atoms with Crippen molar-refractivity contribution in [1.29, 1.82) is 0 Å². The average Bonchev–Trinajstić information content (AvgIpc) is 2.84. The first-order valence-corrected chi connectivity index (χ1v) is 12.7. The van der Waals surface area contributed by atoms with Crippen molar-refractivity contribution < 1.29 is 24.5 Å². The Morgan fingerprint density at radius 2 is 1.47 bits per heavy atom. The van der Waals surface area contributed by atoms with E-state index in [-0.39, 0.29) is 19.1 Å². The molecule has 188 valence electrons. The molecular weight excluding hydrogens is 430 g/mol. The zero-order valence-electron chi connectivity index (χ0n) is 20.7. The van der Waals surface area contributed by atoms with Gasteiger partial charge in [0, 0.05) is 6.54 Å². The van der Waals surface area contributed by atoms with E-state index in [1.54, 1.807) is 0 Å². The van der Waals surface area contributed by atoms with E-state index in [2.05, 4.69) is 19.2 Å². The minimum absolute atomic E-state index is 0.0363. The van der Waals surface area contributed by atoms with Crippen molar-refractivity contribution in [3.8, 4) is 11.5 Å². The number of unbranched alkanes of at least 4 members (excludes halogenated alkanes) is 5. The monoisotopic (exact) mass is 471 g/mol. The zero-order chi connectivity index (χ0) is 24.6. The predicted octanol–water partition coefficient (Wildman–Crippen LogP) is 6.40. The Balaban J connectivity index is 2.00. The molecule has 0 saturated heterocycles. The molecule has 0 aromatic heterocycles. The highest BCUT2D eigenvalue weighted by Crippen LogP contribution is 2.29. The molecule has 2 rings (SSSR count). The smallest absolute Gasteiger partial charge is 0.304 e. The van der Waals surface area contributed by atoms with Crippen molar-refractivity contribution in [2.45, 2.75) is 84.0 Å². The number of aliphatic hydroxyl groups is 1. The Bertz CT molecular complexity index is 807. The summed E-state index contributed by atoms with van der Waals surface area (Å²) in [7, 11) is 0. The molecular formula is C28H41NO5. The average molecular weight is 472 g/mol. The van der Waals surface area contributed by atoms with Crippen LogP contribution >= 0.6 is 0 Å². The molecule has 0 aliphatic heterocycles. The maximum atomic E-state index is 10.7. The third-order valence-electron chi connectivity index (χ3n) is 5.74. The third-order valence-corrected chi connectivity index (χ3v) is 5.74. The van der Waals surface area contributed by atoms with E-state index < -0.39 is 12.2 Å². The number of carbonyl (C=O) groups is 1. The van der Waals surface area contributed by atoms with Crippen LogP contribution in [0.3, 0.4) is 0 Å². The van der Waals surface area contributed by atoms with Gasteiger partial charge in [-0.15, -0.1) is 0 Å². The number of hydrogen-bond acceptors (Lipinski definition) is 5. The molecule has 0 amide bonds. The van der Waals surface area contributed by atoms with Gasteiger partial charge in [0.2, 0.25) is 0 Å². The highest BCUT2D eigenvalue weighted by Gasteiger charge is 2.15. The maximum Gasteiger partial charge on any atom is 0.304 e. The standard InChI is InChI=1S/C28H41NO5/c1-3-5-7-8-10-26(34-25-17-15-24(16-18-25)33-21-9-6-4-2)22-11-13-23(14-12-22)28(32)29-20-19-27(30)31/h11-18,26,28-29,32H,3-10,19-21H2,1-2H3,(H,30,31). The molecule has 0 radical (unpaired) electrons. The molecule has 3 N–H and O–H groups in total. The number of aliphatic hydroxyl groups excluding tert-OH is 1. The van der Waals surface area contributed by atoms with E-state index in [0.29, 0.717) is 5.56 Å². The van der Waals surface area contributed by atoms with Gasteiger partial charge in [0.15, 0.2) is 0 Å². The minimum atomic E-state index is -0.901. The van der Waals surface area contributed by atoms with Gasteiger partial charge >= 0.3 is 5.97 Å². The summed E-state index contributed by atoms with van der Waals surface area (Å²) in [4.78, 5) is 10.7. The molecule has 0 spiro atoms. The Kier molecular flexibility index (Phi) is 13.1. The van der Waals surface area contributed by atoms with Crippen molar-refractivity contribution in [3.63, 3.8) is 0 Å².